The zero-order chi connectivity index (χ0) is 24.3. The number of hydrogen-bond acceptors (Lipinski definition) is 8. The van der Waals surface area contributed by atoms with E-state index in [1.807, 2.05) is 0 Å². The summed E-state index contributed by atoms with van der Waals surface area (Å²) in [4.78, 5) is 55.0. The molecule has 0 spiro atoms. The van der Waals surface area contributed by atoms with Gasteiger partial charge in [0.05, 0.1) is 30.0 Å². The average Bonchev–Trinajstić information content (AvgIpc) is 3.11. The van der Waals surface area contributed by atoms with E-state index < -0.39 is 29.4 Å². The lowest BCUT2D eigenvalue weighted by Gasteiger charge is -2.15. The Morgan fingerprint density at radius 2 is 1.79 bits per heavy atom. The third-order valence-electron chi connectivity index (χ3n) is 4.86. The highest BCUT2D eigenvalue weighted by Crippen LogP contribution is 2.28. The van der Waals surface area contributed by atoms with Gasteiger partial charge >= 0.3 is 11.9 Å². The van der Waals surface area contributed by atoms with E-state index in [9.17, 15) is 19.2 Å². The van der Waals surface area contributed by atoms with Crippen LogP contribution in [0.4, 0.5) is 5.69 Å². The number of esters is 2. The number of carbonyl (C=O) groups is 3. The normalized spacial score (nSPS) is 11.9. The topological polar surface area (TPSA) is 117 Å². The van der Waals surface area contributed by atoms with Crippen LogP contribution in [0.2, 0.25) is 0 Å². The average molecular weight is 472 g/mol. The van der Waals surface area contributed by atoms with Crippen LogP contribution in [-0.4, -0.2) is 40.1 Å². The molecule has 0 saturated carbocycles. The van der Waals surface area contributed by atoms with E-state index in [1.165, 1.54) is 10.9 Å². The van der Waals surface area contributed by atoms with Gasteiger partial charge in [0.25, 0.3) is 5.56 Å². The van der Waals surface area contributed by atoms with Crippen LogP contribution >= 0.6 is 11.3 Å². The Morgan fingerprint density at radius 3 is 2.39 bits per heavy atom. The highest BCUT2D eigenvalue weighted by atomic mass is 32.1. The van der Waals surface area contributed by atoms with Crippen LogP contribution in [0.3, 0.4) is 0 Å². The van der Waals surface area contributed by atoms with Gasteiger partial charge in [-0.25, -0.2) is 14.6 Å². The van der Waals surface area contributed by atoms with Crippen molar-refractivity contribution in [2.24, 2.45) is 0 Å². The van der Waals surface area contributed by atoms with Gasteiger partial charge in [0.2, 0.25) is 5.91 Å². The zero-order valence-electron chi connectivity index (χ0n) is 19.0. The number of fused-ring (bicyclic) bond motifs is 1. The van der Waals surface area contributed by atoms with Gasteiger partial charge in [0.15, 0.2) is 0 Å². The third kappa shape index (κ3) is 5.11. The molecule has 33 heavy (non-hydrogen) atoms. The molecule has 1 amide bonds. The second kappa shape index (κ2) is 9.95. The van der Waals surface area contributed by atoms with E-state index in [2.05, 4.69) is 10.3 Å². The number of nitrogens with zero attached hydrogens (tertiary/aromatic N) is 2. The molecule has 3 aromatic rings. The van der Waals surface area contributed by atoms with Gasteiger partial charge in [-0.3, -0.25) is 14.2 Å². The molecular weight excluding hydrogens is 446 g/mol. The number of aromatic nitrogens is 2. The summed E-state index contributed by atoms with van der Waals surface area (Å²) in [5.74, 6) is -1.39. The molecule has 3 rings (SSSR count). The number of anilines is 1. The molecule has 0 aliphatic rings. The molecule has 2 heterocycles. The van der Waals surface area contributed by atoms with Crippen LogP contribution in [0.1, 0.15) is 59.3 Å². The number of benzene rings is 1. The zero-order valence-corrected chi connectivity index (χ0v) is 19.8. The van der Waals surface area contributed by atoms with Crippen LogP contribution in [0.5, 0.6) is 0 Å². The first kappa shape index (κ1) is 24.1. The maximum absolute atomic E-state index is 13.1. The minimum Gasteiger partial charge on any atom is -0.462 e. The summed E-state index contributed by atoms with van der Waals surface area (Å²) in [6, 6.07) is 5.38. The molecule has 174 valence electrons. The van der Waals surface area contributed by atoms with Crippen molar-refractivity contribution in [3.63, 3.8) is 0 Å². The first-order chi connectivity index (χ1) is 15.6. The number of ether oxygens (including phenoxy) is 2. The molecule has 1 unspecified atom stereocenters. The minimum atomic E-state index is -0.871. The third-order valence-corrected chi connectivity index (χ3v) is 6.04. The lowest BCUT2D eigenvalue weighted by Crippen LogP contribution is -2.31. The number of amides is 1. The summed E-state index contributed by atoms with van der Waals surface area (Å²) in [5.41, 5.74) is 0.897. The van der Waals surface area contributed by atoms with E-state index in [1.54, 1.807) is 58.9 Å². The number of hydrogen-bond donors (Lipinski definition) is 1. The van der Waals surface area contributed by atoms with Crippen LogP contribution in [0.15, 0.2) is 35.4 Å². The summed E-state index contributed by atoms with van der Waals surface area (Å²) in [6.07, 6.45) is 1.01. The Kier molecular flexibility index (Phi) is 7.27. The summed E-state index contributed by atoms with van der Waals surface area (Å²) in [5, 5.41) is 3.01. The molecule has 0 aliphatic heterocycles. The molecule has 1 N–H and O–H groups in total. The van der Waals surface area contributed by atoms with Crippen molar-refractivity contribution in [2.45, 2.75) is 46.8 Å². The summed E-state index contributed by atoms with van der Waals surface area (Å²) in [7, 11) is 0. The second-order valence-electron chi connectivity index (χ2n) is 7.61. The molecule has 9 nitrogen and oxygen atoms in total. The molecule has 0 fully saturated rings. The van der Waals surface area contributed by atoms with Gasteiger partial charge in [0, 0.05) is 5.69 Å². The van der Waals surface area contributed by atoms with Crippen LogP contribution in [-0.2, 0) is 14.3 Å². The van der Waals surface area contributed by atoms with Gasteiger partial charge in [-0.05, 0) is 64.4 Å². The van der Waals surface area contributed by atoms with Crippen molar-refractivity contribution < 1.29 is 23.9 Å². The monoisotopic (exact) mass is 471 g/mol. The predicted octanol–water partition coefficient (Wildman–Crippen LogP) is 3.71. The number of thiophene rings is 1. The molecule has 2 aromatic heterocycles. The van der Waals surface area contributed by atoms with E-state index in [-0.39, 0.29) is 18.1 Å². The van der Waals surface area contributed by atoms with E-state index in [0.717, 1.165) is 11.3 Å². The van der Waals surface area contributed by atoms with E-state index in [4.69, 9.17) is 9.47 Å². The van der Waals surface area contributed by atoms with Gasteiger partial charge in [0.1, 0.15) is 15.7 Å². The van der Waals surface area contributed by atoms with Crippen molar-refractivity contribution in [3.05, 3.63) is 57.0 Å². The van der Waals surface area contributed by atoms with Gasteiger partial charge < -0.3 is 14.8 Å². The first-order valence-electron chi connectivity index (χ1n) is 10.4. The number of rotatable bonds is 7. The van der Waals surface area contributed by atoms with E-state index >= 15 is 0 Å². The molecule has 0 bridgehead atoms. The van der Waals surface area contributed by atoms with E-state index in [0.29, 0.717) is 26.5 Å². The Balaban J connectivity index is 1.83. The quantitative estimate of drug-likeness (QED) is 0.522. The number of aryl methyl sites for hydroxylation is 1. The second-order valence-corrected chi connectivity index (χ2v) is 8.61. The lowest BCUT2D eigenvalue weighted by atomic mass is 10.2. The summed E-state index contributed by atoms with van der Waals surface area (Å²) < 4.78 is 11.4. The van der Waals surface area contributed by atoms with Crippen LogP contribution in [0, 0.1) is 6.92 Å². The molecule has 0 radical (unpaired) electrons. The number of carbonyl (C=O) groups excluding carboxylic acids is 3. The highest BCUT2D eigenvalue weighted by Gasteiger charge is 2.24. The van der Waals surface area contributed by atoms with Crippen LogP contribution < -0.4 is 10.9 Å². The van der Waals surface area contributed by atoms with Crippen LogP contribution in [0.25, 0.3) is 10.2 Å². The fourth-order valence-electron chi connectivity index (χ4n) is 3.15. The minimum absolute atomic E-state index is 0.270. The number of nitrogens with one attached hydrogen (secondary N) is 1. The van der Waals surface area contributed by atoms with Crippen molar-refractivity contribution in [1.29, 1.82) is 0 Å². The largest absolute Gasteiger partial charge is 0.462 e. The predicted molar refractivity (Wildman–Crippen MR) is 125 cm³/mol. The molecule has 1 atom stereocenters. The molecule has 10 heteroatoms. The van der Waals surface area contributed by atoms with Gasteiger partial charge in [-0.2, -0.15) is 0 Å². The fraction of sp³-hybridized carbons (Fsp3) is 0.348. The lowest BCUT2D eigenvalue weighted by molar-refractivity contribution is -0.118. The first-order valence-corrected chi connectivity index (χ1v) is 11.2. The van der Waals surface area contributed by atoms with Gasteiger partial charge in [-0.15, -0.1) is 11.3 Å². The standard InChI is InChI=1S/C23H25N3O6S/c1-6-31-22(29)15-7-9-16(10-8-15)25-19(27)14(5)26-11-24-20-17(21(26)28)13(4)18(33-20)23(30)32-12(2)3/h7-12,14H,6H2,1-5H3,(H,25,27). The van der Waals surface area contributed by atoms with Crippen molar-refractivity contribution in [2.75, 3.05) is 11.9 Å². The van der Waals surface area contributed by atoms with Crippen molar-refractivity contribution in [3.8, 4) is 0 Å². The maximum Gasteiger partial charge on any atom is 0.348 e. The summed E-state index contributed by atoms with van der Waals surface area (Å²) >= 11 is 1.09. The molecule has 0 aliphatic carbocycles. The summed E-state index contributed by atoms with van der Waals surface area (Å²) in [6.45, 7) is 8.72. The molecule has 1 aromatic carbocycles. The van der Waals surface area contributed by atoms with Crippen molar-refractivity contribution in [1.82, 2.24) is 9.55 Å². The van der Waals surface area contributed by atoms with Crippen molar-refractivity contribution >= 4 is 45.1 Å². The maximum atomic E-state index is 13.1. The molecule has 0 saturated heterocycles. The Labute approximate surface area is 194 Å². The SMILES string of the molecule is CCOC(=O)c1ccc(NC(=O)C(C)n2cnc3sc(C(=O)OC(C)C)c(C)c3c2=O)cc1. The fourth-order valence-corrected chi connectivity index (χ4v) is 4.17. The highest BCUT2D eigenvalue weighted by molar-refractivity contribution is 7.20. The smallest absolute Gasteiger partial charge is 0.348 e. The van der Waals surface area contributed by atoms with Gasteiger partial charge in [-0.1, -0.05) is 0 Å². The molecular formula is C23H25N3O6S. The Hall–Kier alpha value is -3.53. The Bertz CT molecular complexity index is 1260. The Morgan fingerprint density at radius 1 is 1.12 bits per heavy atom.